The summed E-state index contributed by atoms with van der Waals surface area (Å²) in [6.45, 7) is 4.20. The van der Waals surface area contributed by atoms with E-state index in [4.69, 9.17) is 0 Å². The predicted molar refractivity (Wildman–Crippen MR) is 68.6 cm³/mol. The Bertz CT molecular complexity index is 302. The van der Waals surface area contributed by atoms with E-state index >= 15 is 0 Å². The molecular weight excluding hydrogens is 196 g/mol. The average Bonchev–Trinajstić information content (AvgIpc) is 2.34. The van der Waals surface area contributed by atoms with E-state index in [9.17, 15) is 4.79 Å². The van der Waals surface area contributed by atoms with Crippen molar-refractivity contribution in [1.82, 2.24) is 0 Å². The molecule has 0 spiro atoms. The van der Waals surface area contributed by atoms with Crippen molar-refractivity contribution in [3.8, 4) is 0 Å². The molecule has 0 aromatic heterocycles. The standard InChI is InChI=1S/C15H22O/c1-3-4-5-9-12-15(16)13(2)14-10-7-6-8-11-14/h6-8,10-11,13H,3-5,9,12H2,1-2H3. The van der Waals surface area contributed by atoms with E-state index in [0.717, 1.165) is 18.4 Å². The Kier molecular flexibility index (Phi) is 5.84. The monoisotopic (exact) mass is 218 g/mol. The molecule has 0 amide bonds. The van der Waals surface area contributed by atoms with Gasteiger partial charge in [0.1, 0.15) is 5.78 Å². The fourth-order valence-corrected chi connectivity index (χ4v) is 1.87. The highest BCUT2D eigenvalue weighted by atomic mass is 16.1. The van der Waals surface area contributed by atoms with Crippen LogP contribution in [0.15, 0.2) is 30.3 Å². The summed E-state index contributed by atoms with van der Waals surface area (Å²) in [6, 6.07) is 10.1. The number of Topliss-reactive ketones (excluding diaryl/α,β-unsaturated/α-hetero) is 1. The first-order valence-corrected chi connectivity index (χ1v) is 6.33. The zero-order valence-electron chi connectivity index (χ0n) is 10.4. The third-order valence-corrected chi connectivity index (χ3v) is 3.06. The van der Waals surface area contributed by atoms with Gasteiger partial charge in [-0.3, -0.25) is 4.79 Å². The first-order chi connectivity index (χ1) is 7.75. The predicted octanol–water partition coefficient (Wildman–Crippen LogP) is 4.33. The second-order valence-electron chi connectivity index (χ2n) is 4.41. The zero-order valence-corrected chi connectivity index (χ0v) is 10.4. The van der Waals surface area contributed by atoms with Crippen LogP contribution in [0.5, 0.6) is 0 Å². The van der Waals surface area contributed by atoms with Crippen molar-refractivity contribution in [3.05, 3.63) is 35.9 Å². The van der Waals surface area contributed by atoms with Crippen molar-refractivity contribution in [2.24, 2.45) is 0 Å². The molecule has 0 aliphatic rings. The van der Waals surface area contributed by atoms with Crippen LogP contribution in [0.2, 0.25) is 0 Å². The lowest BCUT2D eigenvalue weighted by molar-refractivity contribution is -0.120. The molecule has 1 rings (SSSR count). The number of unbranched alkanes of at least 4 members (excludes halogenated alkanes) is 3. The van der Waals surface area contributed by atoms with Gasteiger partial charge in [-0.15, -0.1) is 0 Å². The number of hydrogen-bond donors (Lipinski definition) is 0. The molecular formula is C15H22O. The van der Waals surface area contributed by atoms with Gasteiger partial charge in [-0.05, 0) is 12.0 Å². The Labute approximate surface area is 98.9 Å². The van der Waals surface area contributed by atoms with Gasteiger partial charge >= 0.3 is 0 Å². The van der Waals surface area contributed by atoms with Crippen molar-refractivity contribution in [1.29, 1.82) is 0 Å². The van der Waals surface area contributed by atoms with Crippen molar-refractivity contribution >= 4 is 5.78 Å². The van der Waals surface area contributed by atoms with Crippen molar-refractivity contribution in [2.45, 2.75) is 51.9 Å². The number of carbonyl (C=O) groups excluding carboxylic acids is 1. The average molecular weight is 218 g/mol. The van der Waals surface area contributed by atoms with Crippen molar-refractivity contribution in [3.63, 3.8) is 0 Å². The molecule has 0 bridgehead atoms. The lowest BCUT2D eigenvalue weighted by atomic mass is 9.93. The second kappa shape index (κ2) is 7.21. The Morgan fingerprint density at radius 1 is 1.12 bits per heavy atom. The quantitative estimate of drug-likeness (QED) is 0.622. The fourth-order valence-electron chi connectivity index (χ4n) is 1.87. The highest BCUT2D eigenvalue weighted by Crippen LogP contribution is 2.18. The van der Waals surface area contributed by atoms with Crippen molar-refractivity contribution in [2.75, 3.05) is 0 Å². The second-order valence-corrected chi connectivity index (χ2v) is 4.41. The topological polar surface area (TPSA) is 17.1 Å². The minimum absolute atomic E-state index is 0.0582. The zero-order chi connectivity index (χ0) is 11.8. The van der Waals surface area contributed by atoms with Crippen LogP contribution in [-0.2, 0) is 4.79 Å². The van der Waals surface area contributed by atoms with Gasteiger partial charge in [0.15, 0.2) is 0 Å². The Balaban J connectivity index is 2.37. The number of benzene rings is 1. The maximum Gasteiger partial charge on any atom is 0.140 e. The molecule has 1 aromatic carbocycles. The summed E-state index contributed by atoms with van der Waals surface area (Å²) in [4.78, 5) is 11.9. The van der Waals surface area contributed by atoms with Gasteiger partial charge in [-0.25, -0.2) is 0 Å². The maximum absolute atomic E-state index is 11.9. The van der Waals surface area contributed by atoms with Gasteiger partial charge in [0.2, 0.25) is 0 Å². The molecule has 1 aromatic rings. The van der Waals surface area contributed by atoms with Crippen LogP contribution in [0.4, 0.5) is 0 Å². The van der Waals surface area contributed by atoms with Crippen LogP contribution < -0.4 is 0 Å². The van der Waals surface area contributed by atoms with Gasteiger partial charge in [0.05, 0.1) is 0 Å². The number of carbonyl (C=O) groups is 1. The van der Waals surface area contributed by atoms with E-state index in [1.165, 1.54) is 19.3 Å². The molecule has 0 saturated carbocycles. The Morgan fingerprint density at radius 2 is 1.81 bits per heavy atom. The smallest absolute Gasteiger partial charge is 0.140 e. The van der Waals surface area contributed by atoms with Crippen LogP contribution in [0.1, 0.15) is 57.4 Å². The normalized spacial score (nSPS) is 12.4. The maximum atomic E-state index is 11.9. The van der Waals surface area contributed by atoms with Gasteiger partial charge in [-0.2, -0.15) is 0 Å². The molecule has 88 valence electrons. The lowest BCUT2D eigenvalue weighted by Gasteiger charge is -2.10. The molecule has 0 N–H and O–H groups in total. The van der Waals surface area contributed by atoms with Crippen LogP contribution in [0.3, 0.4) is 0 Å². The summed E-state index contributed by atoms with van der Waals surface area (Å²) in [5.74, 6) is 0.435. The molecule has 0 aliphatic heterocycles. The third kappa shape index (κ3) is 4.18. The van der Waals surface area contributed by atoms with Crippen molar-refractivity contribution < 1.29 is 4.79 Å². The molecule has 0 radical (unpaired) electrons. The van der Waals surface area contributed by atoms with E-state index in [1.54, 1.807) is 0 Å². The summed E-state index contributed by atoms with van der Waals surface area (Å²) in [5, 5.41) is 0. The first kappa shape index (κ1) is 13.0. The summed E-state index contributed by atoms with van der Waals surface area (Å²) < 4.78 is 0. The lowest BCUT2D eigenvalue weighted by Crippen LogP contribution is -2.08. The van der Waals surface area contributed by atoms with E-state index in [2.05, 4.69) is 6.92 Å². The largest absolute Gasteiger partial charge is 0.299 e. The highest BCUT2D eigenvalue weighted by molar-refractivity contribution is 5.85. The SMILES string of the molecule is CCCCCCC(=O)C(C)c1ccccc1. The number of ketones is 1. The van der Waals surface area contributed by atoms with Gasteiger partial charge < -0.3 is 0 Å². The Morgan fingerprint density at radius 3 is 2.44 bits per heavy atom. The van der Waals surface area contributed by atoms with E-state index in [1.807, 2.05) is 37.3 Å². The number of hydrogen-bond acceptors (Lipinski definition) is 1. The third-order valence-electron chi connectivity index (χ3n) is 3.06. The van der Waals surface area contributed by atoms with E-state index in [0.29, 0.717) is 5.78 Å². The summed E-state index contributed by atoms with van der Waals surface area (Å²) in [7, 11) is 0. The minimum Gasteiger partial charge on any atom is -0.299 e. The van der Waals surface area contributed by atoms with Crippen LogP contribution in [0.25, 0.3) is 0 Å². The van der Waals surface area contributed by atoms with E-state index in [-0.39, 0.29) is 5.92 Å². The van der Waals surface area contributed by atoms with Gasteiger partial charge in [-0.1, -0.05) is 63.4 Å². The Hall–Kier alpha value is -1.11. The number of rotatable bonds is 7. The summed E-state index contributed by atoms with van der Waals surface area (Å²) in [6.07, 6.45) is 5.43. The van der Waals surface area contributed by atoms with Gasteiger partial charge in [0.25, 0.3) is 0 Å². The molecule has 1 heteroatoms. The van der Waals surface area contributed by atoms with Crippen LogP contribution in [-0.4, -0.2) is 5.78 Å². The molecule has 0 saturated heterocycles. The molecule has 1 unspecified atom stereocenters. The summed E-state index contributed by atoms with van der Waals surface area (Å²) >= 11 is 0. The fraction of sp³-hybridized carbons (Fsp3) is 0.533. The van der Waals surface area contributed by atoms with Crippen LogP contribution >= 0.6 is 0 Å². The summed E-state index contributed by atoms with van der Waals surface area (Å²) in [5.41, 5.74) is 1.14. The van der Waals surface area contributed by atoms with Crippen LogP contribution in [0, 0.1) is 0 Å². The minimum atomic E-state index is 0.0582. The molecule has 1 nitrogen and oxygen atoms in total. The van der Waals surface area contributed by atoms with Gasteiger partial charge in [0, 0.05) is 12.3 Å². The highest BCUT2D eigenvalue weighted by Gasteiger charge is 2.13. The first-order valence-electron chi connectivity index (χ1n) is 6.33. The molecule has 1 atom stereocenters. The van der Waals surface area contributed by atoms with E-state index < -0.39 is 0 Å². The molecule has 0 aliphatic carbocycles. The molecule has 0 heterocycles. The molecule has 0 fully saturated rings. The molecule has 16 heavy (non-hydrogen) atoms.